The fourth-order valence-electron chi connectivity index (χ4n) is 5.34. The van der Waals surface area contributed by atoms with E-state index >= 15 is 0 Å². The second-order valence-electron chi connectivity index (χ2n) is 8.11. The summed E-state index contributed by atoms with van der Waals surface area (Å²) >= 11 is 0. The Kier molecular flexibility index (Phi) is 5.27. The minimum absolute atomic E-state index is 0.284. The van der Waals surface area contributed by atoms with E-state index in [4.69, 9.17) is 9.47 Å². The number of carboxylic acids is 1. The van der Waals surface area contributed by atoms with E-state index in [1.54, 1.807) is 24.3 Å². The van der Waals surface area contributed by atoms with Gasteiger partial charge in [0.05, 0.1) is 18.7 Å². The van der Waals surface area contributed by atoms with Gasteiger partial charge in [0.2, 0.25) is 0 Å². The maximum absolute atomic E-state index is 12.8. The van der Waals surface area contributed by atoms with Crippen LogP contribution in [0.15, 0.2) is 30.5 Å². The first-order valence-corrected chi connectivity index (χ1v) is 10.2. The molecule has 8 nitrogen and oxygen atoms in total. The zero-order chi connectivity index (χ0) is 21.5. The molecule has 0 aliphatic carbocycles. The molecule has 5 atom stereocenters. The average Bonchev–Trinajstić information content (AvgIpc) is 2.76. The quantitative estimate of drug-likeness (QED) is 0.693. The maximum atomic E-state index is 12.8. The Bertz CT molecular complexity index is 979. The molecule has 3 aliphatic rings. The summed E-state index contributed by atoms with van der Waals surface area (Å²) in [6, 6.07) is 6.11. The topological polar surface area (TPSA) is 109 Å². The Balaban J connectivity index is 1.93. The summed E-state index contributed by atoms with van der Waals surface area (Å²) < 4.78 is 10.6. The average molecular weight is 414 g/mol. The van der Waals surface area contributed by atoms with Gasteiger partial charge < -0.3 is 19.7 Å². The maximum Gasteiger partial charge on any atom is 0.507 e. The Morgan fingerprint density at radius 3 is 2.70 bits per heavy atom. The van der Waals surface area contributed by atoms with Crippen LogP contribution in [-0.4, -0.2) is 58.5 Å². The van der Waals surface area contributed by atoms with Crippen molar-refractivity contribution in [3.05, 3.63) is 36.0 Å². The molecule has 2 bridgehead atoms. The fraction of sp³-hybridized carbons (Fsp3) is 0.500. The Labute approximate surface area is 174 Å². The Hall–Kier alpha value is -2.87. The van der Waals surface area contributed by atoms with Gasteiger partial charge in [-0.15, -0.1) is 0 Å². The van der Waals surface area contributed by atoms with Crippen LogP contribution in [0.3, 0.4) is 0 Å². The molecule has 160 valence electrons. The van der Waals surface area contributed by atoms with Crippen molar-refractivity contribution in [2.75, 3.05) is 20.2 Å². The van der Waals surface area contributed by atoms with Crippen molar-refractivity contribution in [1.29, 1.82) is 0 Å². The predicted molar refractivity (Wildman–Crippen MR) is 109 cm³/mol. The summed E-state index contributed by atoms with van der Waals surface area (Å²) in [6.07, 6.45) is 2.47. The van der Waals surface area contributed by atoms with E-state index < -0.39 is 23.8 Å². The first-order valence-electron chi connectivity index (χ1n) is 10.2. The highest BCUT2D eigenvalue weighted by atomic mass is 16.7. The molecule has 1 aromatic heterocycles. The lowest BCUT2D eigenvalue weighted by Gasteiger charge is -2.54. The van der Waals surface area contributed by atoms with Gasteiger partial charge in [-0.2, -0.15) is 0 Å². The molecule has 1 aromatic carbocycles. The van der Waals surface area contributed by atoms with Gasteiger partial charge in [0.15, 0.2) is 0 Å². The van der Waals surface area contributed by atoms with Crippen LogP contribution in [0.4, 0.5) is 4.79 Å². The van der Waals surface area contributed by atoms with Gasteiger partial charge >= 0.3 is 12.1 Å². The number of ether oxygens (including phenoxy) is 2. The van der Waals surface area contributed by atoms with Gasteiger partial charge in [0.25, 0.3) is 5.60 Å². The highest BCUT2D eigenvalue weighted by molar-refractivity contribution is 5.92. The number of fused-ring (bicyclic) bond motifs is 4. The number of hydrogen-bond donors (Lipinski definition) is 2. The summed E-state index contributed by atoms with van der Waals surface area (Å²) in [4.78, 5) is 31.0. The lowest BCUT2D eigenvalue weighted by molar-refractivity contribution is -0.181. The van der Waals surface area contributed by atoms with Crippen LogP contribution in [-0.2, 0) is 15.1 Å². The molecule has 2 N–H and O–H groups in total. The van der Waals surface area contributed by atoms with Gasteiger partial charge in [-0.25, -0.2) is 9.59 Å². The SMILES string of the molecule is CC[C@H]1CN2CC[C@H]1C[C@H]2[C@@](OC(=O)O)(C(=O)O)c1ccnc2ccc(OC)cc12. The van der Waals surface area contributed by atoms with Crippen LogP contribution in [0.1, 0.15) is 31.7 Å². The van der Waals surface area contributed by atoms with E-state index in [0.717, 1.165) is 25.9 Å². The number of hydrogen-bond acceptors (Lipinski definition) is 6. The van der Waals surface area contributed by atoms with E-state index in [0.29, 0.717) is 34.9 Å². The normalized spacial score (nSPS) is 27.4. The van der Waals surface area contributed by atoms with Crippen molar-refractivity contribution in [1.82, 2.24) is 9.88 Å². The molecule has 0 saturated carbocycles. The third-order valence-corrected chi connectivity index (χ3v) is 6.80. The van der Waals surface area contributed by atoms with Gasteiger partial charge in [-0.1, -0.05) is 13.3 Å². The second-order valence-corrected chi connectivity index (χ2v) is 8.11. The predicted octanol–water partition coefficient (Wildman–Crippen LogP) is 3.34. The Morgan fingerprint density at radius 2 is 2.10 bits per heavy atom. The van der Waals surface area contributed by atoms with Gasteiger partial charge in [-0.05, 0) is 55.5 Å². The number of aliphatic carboxylic acids is 1. The van der Waals surface area contributed by atoms with Crippen molar-refractivity contribution in [2.24, 2.45) is 11.8 Å². The molecule has 0 amide bonds. The molecule has 5 rings (SSSR count). The van der Waals surface area contributed by atoms with Crippen LogP contribution in [0.2, 0.25) is 0 Å². The van der Waals surface area contributed by atoms with Crippen LogP contribution in [0.25, 0.3) is 10.9 Å². The number of nitrogens with zero attached hydrogens (tertiary/aromatic N) is 2. The van der Waals surface area contributed by atoms with E-state index in [1.807, 2.05) is 0 Å². The molecule has 30 heavy (non-hydrogen) atoms. The molecule has 2 aromatic rings. The first-order chi connectivity index (χ1) is 14.4. The molecule has 1 unspecified atom stereocenters. The number of benzene rings is 1. The van der Waals surface area contributed by atoms with Gasteiger partial charge in [-0.3, -0.25) is 9.88 Å². The fourth-order valence-corrected chi connectivity index (χ4v) is 5.34. The van der Waals surface area contributed by atoms with Gasteiger partial charge in [0.1, 0.15) is 5.75 Å². The molecular weight excluding hydrogens is 388 g/mol. The summed E-state index contributed by atoms with van der Waals surface area (Å²) in [5, 5.41) is 20.5. The van der Waals surface area contributed by atoms with E-state index in [1.165, 1.54) is 13.3 Å². The van der Waals surface area contributed by atoms with Crippen LogP contribution in [0, 0.1) is 11.8 Å². The van der Waals surface area contributed by atoms with E-state index in [9.17, 15) is 19.8 Å². The summed E-state index contributed by atoms with van der Waals surface area (Å²) in [5.74, 6) is 0.0538. The van der Waals surface area contributed by atoms with Crippen molar-refractivity contribution < 1.29 is 29.3 Å². The smallest absolute Gasteiger partial charge is 0.497 e. The lowest BCUT2D eigenvalue weighted by atomic mass is 9.68. The standard InChI is InChI=1S/C22H26N2O6/c1-3-13-12-24-9-7-14(13)10-19(24)22(20(25)26,30-21(27)28)17-6-8-23-18-5-4-15(29-2)11-16(17)18/h4-6,8,11,13-14,19H,3,7,9-10,12H2,1-2H3,(H,25,26)(H,27,28)/t13-,14-,19-,22+/m0/s1. The molecule has 0 radical (unpaired) electrons. The number of piperidine rings is 3. The van der Waals surface area contributed by atoms with Gasteiger partial charge in [0, 0.05) is 23.7 Å². The summed E-state index contributed by atoms with van der Waals surface area (Å²) in [7, 11) is 1.52. The molecule has 4 heterocycles. The van der Waals surface area contributed by atoms with Crippen molar-refractivity contribution in [3.63, 3.8) is 0 Å². The highest BCUT2D eigenvalue weighted by Crippen LogP contribution is 2.47. The Morgan fingerprint density at radius 1 is 1.30 bits per heavy atom. The monoisotopic (exact) mass is 414 g/mol. The van der Waals surface area contributed by atoms with Crippen molar-refractivity contribution >= 4 is 23.0 Å². The van der Waals surface area contributed by atoms with Crippen LogP contribution in [0.5, 0.6) is 5.75 Å². The first kappa shape index (κ1) is 20.4. The van der Waals surface area contributed by atoms with Crippen molar-refractivity contribution in [3.8, 4) is 5.75 Å². The number of rotatable bonds is 6. The molecule has 3 fully saturated rings. The second kappa shape index (κ2) is 7.75. The van der Waals surface area contributed by atoms with Crippen molar-refractivity contribution in [2.45, 2.75) is 37.8 Å². The minimum atomic E-state index is -2.06. The van der Waals surface area contributed by atoms with Crippen LogP contribution < -0.4 is 4.74 Å². The molecule has 0 spiro atoms. The minimum Gasteiger partial charge on any atom is -0.497 e. The zero-order valence-electron chi connectivity index (χ0n) is 17.1. The highest BCUT2D eigenvalue weighted by Gasteiger charge is 2.58. The number of methoxy groups -OCH3 is 1. The molecule has 3 saturated heterocycles. The van der Waals surface area contributed by atoms with E-state index in [-0.39, 0.29) is 5.56 Å². The van der Waals surface area contributed by atoms with Crippen LogP contribution >= 0.6 is 0 Å². The molecular formula is C22H26N2O6. The van der Waals surface area contributed by atoms with E-state index in [2.05, 4.69) is 16.8 Å². The lowest BCUT2D eigenvalue weighted by Crippen LogP contribution is -2.64. The summed E-state index contributed by atoms with van der Waals surface area (Å²) in [5.41, 5.74) is -1.22. The zero-order valence-corrected chi connectivity index (χ0v) is 17.1. The summed E-state index contributed by atoms with van der Waals surface area (Å²) in [6.45, 7) is 3.62. The third kappa shape index (κ3) is 3.15. The number of pyridine rings is 1. The molecule has 8 heteroatoms. The number of carbonyl (C=O) groups is 2. The largest absolute Gasteiger partial charge is 0.507 e. The number of aromatic nitrogens is 1. The number of carboxylic acid groups (broad SMARTS) is 2. The third-order valence-electron chi connectivity index (χ3n) is 6.80. The molecule has 3 aliphatic heterocycles.